The van der Waals surface area contributed by atoms with Gasteiger partial charge in [-0.1, -0.05) is 60.7 Å². The number of aliphatic hydroxyl groups is 1. The van der Waals surface area contributed by atoms with E-state index < -0.39 is 11.6 Å². The van der Waals surface area contributed by atoms with Crippen molar-refractivity contribution in [2.45, 2.75) is 5.60 Å². The van der Waals surface area contributed by atoms with E-state index in [0.29, 0.717) is 11.1 Å². The summed E-state index contributed by atoms with van der Waals surface area (Å²) in [5.41, 5.74) is -1.07. The molecule has 2 aromatic rings. The van der Waals surface area contributed by atoms with E-state index in [1.165, 1.54) is 0 Å². The van der Waals surface area contributed by atoms with Crippen molar-refractivity contribution in [1.29, 1.82) is 0 Å². The van der Waals surface area contributed by atoms with Gasteiger partial charge in [0.1, 0.15) is 0 Å². The standard InChI is InChI=1S/C14H11BO3.Li.H/c15-18-13(16)14(17,11-7-3-1-4-8-11)12-9-5-2-6-10-12;;/h1-10,17H;;/q;+1;-1. The predicted molar refractivity (Wildman–Crippen MR) is 68.8 cm³/mol. The molecule has 90 valence electrons. The van der Waals surface area contributed by atoms with Crippen LogP contribution >= 0.6 is 0 Å². The van der Waals surface area contributed by atoms with Crippen LogP contribution in [0.4, 0.5) is 0 Å². The molecule has 3 nitrogen and oxygen atoms in total. The molecule has 5 heteroatoms. The van der Waals surface area contributed by atoms with E-state index in [0.717, 1.165) is 0 Å². The van der Waals surface area contributed by atoms with E-state index in [9.17, 15) is 9.90 Å². The van der Waals surface area contributed by atoms with Crippen LogP contribution in [0.3, 0.4) is 0 Å². The van der Waals surface area contributed by atoms with Crippen molar-refractivity contribution in [3.63, 3.8) is 0 Å². The van der Waals surface area contributed by atoms with Gasteiger partial charge >= 0.3 is 32.9 Å². The Balaban J connectivity index is 0.00000180. The average Bonchev–Trinajstić information content (AvgIpc) is 2.47. The molecule has 2 aromatic carbocycles. The number of hydrogen-bond donors (Lipinski definition) is 1. The first-order valence-corrected chi connectivity index (χ1v) is 5.44. The average molecular weight is 246 g/mol. The van der Waals surface area contributed by atoms with Crippen LogP contribution in [0.15, 0.2) is 60.7 Å². The smallest absolute Gasteiger partial charge is 1.00 e. The summed E-state index contributed by atoms with van der Waals surface area (Å²) in [7, 11) is 4.92. The fourth-order valence-electron chi connectivity index (χ4n) is 1.85. The summed E-state index contributed by atoms with van der Waals surface area (Å²) in [5.74, 6) is -0.917. The van der Waals surface area contributed by atoms with Gasteiger partial charge in [-0.05, 0) is 11.1 Å². The van der Waals surface area contributed by atoms with E-state index in [1.807, 2.05) is 0 Å². The summed E-state index contributed by atoms with van der Waals surface area (Å²) in [5, 5.41) is 10.7. The molecule has 2 radical (unpaired) electrons. The largest absolute Gasteiger partial charge is 1.00 e. The summed E-state index contributed by atoms with van der Waals surface area (Å²) >= 11 is 0. The molecule has 0 aliphatic carbocycles. The van der Waals surface area contributed by atoms with Gasteiger partial charge in [-0.25, -0.2) is 4.79 Å². The van der Waals surface area contributed by atoms with Gasteiger partial charge in [-0.15, -0.1) is 0 Å². The molecule has 2 rings (SSSR count). The number of carbonyl (C=O) groups excluding carboxylic acids is 1. The van der Waals surface area contributed by atoms with Crippen LogP contribution in [0.5, 0.6) is 0 Å². The molecule has 0 saturated carbocycles. The third-order valence-electron chi connectivity index (χ3n) is 2.79. The van der Waals surface area contributed by atoms with Gasteiger partial charge in [0.25, 0.3) is 0 Å². The van der Waals surface area contributed by atoms with Crippen LogP contribution in [-0.4, -0.2) is 19.1 Å². The van der Waals surface area contributed by atoms with Crippen molar-refractivity contribution < 1.29 is 34.8 Å². The zero-order chi connectivity index (χ0) is 13.0. The minimum absolute atomic E-state index is 0. The Kier molecular flexibility index (Phi) is 5.44. The van der Waals surface area contributed by atoms with Crippen molar-refractivity contribution in [1.82, 2.24) is 0 Å². The second-order valence-corrected chi connectivity index (χ2v) is 3.85. The molecule has 0 amide bonds. The maximum Gasteiger partial charge on any atom is 1.00 e. The van der Waals surface area contributed by atoms with Crippen LogP contribution in [0.25, 0.3) is 0 Å². The summed E-state index contributed by atoms with van der Waals surface area (Å²) in [6, 6.07) is 17.1. The van der Waals surface area contributed by atoms with Crippen molar-refractivity contribution in [2.75, 3.05) is 0 Å². The van der Waals surface area contributed by atoms with E-state index >= 15 is 0 Å². The maximum absolute atomic E-state index is 11.8. The van der Waals surface area contributed by atoms with Crippen molar-refractivity contribution in [2.24, 2.45) is 0 Å². The zero-order valence-electron chi connectivity index (χ0n) is 11.6. The van der Waals surface area contributed by atoms with E-state index in [4.69, 9.17) is 8.05 Å². The molecule has 0 aliphatic rings. The van der Waals surface area contributed by atoms with Gasteiger partial charge in [0.15, 0.2) is 0 Å². The fraction of sp³-hybridized carbons (Fsp3) is 0.0714. The molecule has 0 atom stereocenters. The molecule has 0 aromatic heterocycles. The van der Waals surface area contributed by atoms with Gasteiger partial charge in [0.2, 0.25) is 5.60 Å². The topological polar surface area (TPSA) is 46.5 Å². The normalized spacial score (nSPS) is 10.4. The van der Waals surface area contributed by atoms with Crippen LogP contribution < -0.4 is 18.9 Å². The third kappa shape index (κ3) is 2.93. The number of benzene rings is 2. The molecule has 0 heterocycles. The first kappa shape index (κ1) is 15.6. The molecule has 0 fully saturated rings. The maximum atomic E-state index is 11.8. The second-order valence-electron chi connectivity index (χ2n) is 3.85. The molecule has 1 N–H and O–H groups in total. The minimum atomic E-state index is -1.89. The van der Waals surface area contributed by atoms with E-state index in [1.54, 1.807) is 60.7 Å². The monoisotopic (exact) mass is 246 g/mol. The van der Waals surface area contributed by atoms with Gasteiger partial charge in [0, 0.05) is 0 Å². The molecule has 0 spiro atoms. The third-order valence-corrected chi connectivity index (χ3v) is 2.79. The van der Waals surface area contributed by atoms with E-state index in [2.05, 4.69) is 4.65 Å². The summed E-state index contributed by atoms with van der Waals surface area (Å²) < 4.78 is 4.24. The van der Waals surface area contributed by atoms with Crippen molar-refractivity contribution in [3.05, 3.63) is 71.8 Å². The first-order valence-electron chi connectivity index (χ1n) is 5.44. The van der Waals surface area contributed by atoms with E-state index in [-0.39, 0.29) is 20.3 Å². The zero-order valence-corrected chi connectivity index (χ0v) is 10.6. The van der Waals surface area contributed by atoms with Crippen LogP contribution in [0.1, 0.15) is 12.6 Å². The SMILES string of the molecule is [B]OC(=O)C(O)(c1ccccc1)c1ccccc1.[H-].[Li+]. The summed E-state index contributed by atoms with van der Waals surface area (Å²) in [6.07, 6.45) is 0. The fourth-order valence-corrected chi connectivity index (χ4v) is 1.85. The molecular formula is C14H12BLiO3. The number of rotatable bonds is 3. The minimum Gasteiger partial charge on any atom is -1.00 e. The first-order chi connectivity index (χ1) is 8.69. The Hall–Kier alpha value is -1.47. The summed E-state index contributed by atoms with van der Waals surface area (Å²) in [6.45, 7) is 0. The molecule has 19 heavy (non-hydrogen) atoms. The van der Waals surface area contributed by atoms with Gasteiger partial charge in [-0.3, -0.25) is 0 Å². The Morgan fingerprint density at radius 1 is 1.00 bits per heavy atom. The molecule has 0 unspecified atom stereocenters. The Morgan fingerprint density at radius 3 is 1.68 bits per heavy atom. The number of hydrogen-bond acceptors (Lipinski definition) is 3. The van der Waals surface area contributed by atoms with Crippen LogP contribution in [-0.2, 0) is 15.0 Å². The molecule has 0 bridgehead atoms. The Labute approximate surface area is 126 Å². The Bertz CT molecular complexity index is 497. The molecule has 0 aliphatic heterocycles. The second kappa shape index (κ2) is 6.63. The van der Waals surface area contributed by atoms with Crippen molar-refractivity contribution >= 4 is 14.0 Å². The molecule has 0 saturated heterocycles. The molecular weight excluding hydrogens is 234 g/mol. The van der Waals surface area contributed by atoms with Crippen LogP contribution in [0.2, 0.25) is 0 Å². The van der Waals surface area contributed by atoms with Gasteiger partial charge in [0.05, 0.1) is 0 Å². The van der Waals surface area contributed by atoms with Gasteiger partial charge in [-0.2, -0.15) is 0 Å². The number of carbonyl (C=O) groups is 1. The predicted octanol–water partition coefficient (Wildman–Crippen LogP) is -1.33. The van der Waals surface area contributed by atoms with Crippen molar-refractivity contribution in [3.8, 4) is 0 Å². The van der Waals surface area contributed by atoms with Crippen LogP contribution in [0, 0.1) is 0 Å². The Morgan fingerprint density at radius 2 is 1.37 bits per heavy atom. The quantitative estimate of drug-likeness (QED) is 0.682. The summed E-state index contributed by atoms with van der Waals surface area (Å²) in [4.78, 5) is 11.8. The van der Waals surface area contributed by atoms with Gasteiger partial charge < -0.3 is 11.2 Å².